The summed E-state index contributed by atoms with van der Waals surface area (Å²) < 4.78 is 52.4. The highest BCUT2D eigenvalue weighted by Crippen LogP contribution is 2.31. The molecule has 164 valence electrons. The first-order valence-electron chi connectivity index (χ1n) is 9.44. The van der Waals surface area contributed by atoms with Gasteiger partial charge in [0.05, 0.1) is 11.3 Å². The van der Waals surface area contributed by atoms with Gasteiger partial charge in [-0.15, -0.1) is 0 Å². The molecule has 0 amide bonds. The van der Waals surface area contributed by atoms with E-state index in [4.69, 9.17) is 4.74 Å². The number of nitrogens with zero attached hydrogens (tertiary/aromatic N) is 1. The molecule has 1 atom stereocenters. The quantitative estimate of drug-likeness (QED) is 0.432. The second-order valence-electron chi connectivity index (χ2n) is 7.06. The number of carboxylic acid groups (broad SMARTS) is 1. The number of hydrogen-bond acceptors (Lipinski definition) is 4. The molecule has 0 aliphatic rings. The summed E-state index contributed by atoms with van der Waals surface area (Å²) in [4.78, 5) is 12.2. The van der Waals surface area contributed by atoms with Crippen molar-refractivity contribution in [2.24, 2.45) is 0 Å². The summed E-state index contributed by atoms with van der Waals surface area (Å²) in [5, 5.41) is 9.29. The summed E-state index contributed by atoms with van der Waals surface area (Å²) in [6.45, 7) is 3.62. The van der Waals surface area contributed by atoms with E-state index in [0.29, 0.717) is 35.8 Å². The number of carboxylic acids is 1. The molecule has 3 aromatic rings. The van der Waals surface area contributed by atoms with Gasteiger partial charge in [-0.05, 0) is 55.2 Å². The molecule has 9 heteroatoms. The van der Waals surface area contributed by atoms with Crippen LogP contribution in [0.2, 0.25) is 0 Å². The lowest BCUT2D eigenvalue weighted by Crippen LogP contribution is -2.40. The van der Waals surface area contributed by atoms with E-state index in [1.807, 2.05) is 0 Å². The zero-order valence-electron chi connectivity index (χ0n) is 16.8. The summed E-state index contributed by atoms with van der Waals surface area (Å²) in [5.74, 6) is 0.0937. The fraction of sp³-hybridized carbons (Fsp3) is 0.273. The summed E-state index contributed by atoms with van der Waals surface area (Å²) in [6, 6.07) is 13.5. The molecule has 31 heavy (non-hydrogen) atoms. The van der Waals surface area contributed by atoms with E-state index in [9.17, 15) is 23.1 Å². The van der Waals surface area contributed by atoms with Gasteiger partial charge < -0.3 is 14.6 Å². The highest BCUT2D eigenvalue weighted by molar-refractivity contribution is 7.06. The van der Waals surface area contributed by atoms with Crippen LogP contribution in [0, 0.1) is 0 Å². The lowest BCUT2D eigenvalue weighted by atomic mass is 10.0. The predicted octanol–water partition coefficient (Wildman–Crippen LogP) is 5.90. The van der Waals surface area contributed by atoms with Gasteiger partial charge in [0.25, 0.3) is 5.75 Å². The van der Waals surface area contributed by atoms with Gasteiger partial charge in [0.15, 0.2) is 0 Å². The lowest BCUT2D eigenvalue weighted by Gasteiger charge is -2.24. The van der Waals surface area contributed by atoms with Crippen molar-refractivity contribution in [2.75, 3.05) is 0 Å². The van der Waals surface area contributed by atoms with Crippen molar-refractivity contribution in [3.63, 3.8) is 0 Å². The van der Waals surface area contributed by atoms with Gasteiger partial charge in [0.2, 0.25) is 12.2 Å². The predicted molar refractivity (Wildman–Crippen MR) is 111 cm³/mol. The summed E-state index contributed by atoms with van der Waals surface area (Å²) in [5.41, 5.74) is -0.790. The molecule has 0 spiro atoms. The fourth-order valence-corrected chi connectivity index (χ4v) is 3.33. The van der Waals surface area contributed by atoms with Crippen LogP contribution in [0.1, 0.15) is 30.7 Å². The van der Waals surface area contributed by atoms with Crippen LogP contribution in [0.5, 0.6) is 11.5 Å². The standard InChI is InChI=1S/C22H20F3NO4S/c1-3-21(2,20(27)28)30-17-10-8-16(9-11-17)29-13-18-12-19(26-31-18)14-4-6-15(7-5-14)22(23,24)25/h4-12H,3,13H2,1-2H3,(H,27,28)/p+1. The summed E-state index contributed by atoms with van der Waals surface area (Å²) in [6.07, 6.45) is -4.05. The highest BCUT2D eigenvalue weighted by Gasteiger charge is 2.33. The second kappa shape index (κ2) is 8.97. The Morgan fingerprint density at radius 1 is 1.13 bits per heavy atom. The average Bonchev–Trinajstić information content (AvgIpc) is 3.21. The molecule has 0 saturated heterocycles. The van der Waals surface area contributed by atoms with Crippen LogP contribution in [0.15, 0.2) is 54.6 Å². The minimum atomic E-state index is -4.37. The number of halogens is 3. The number of aliphatic carboxylic acids is 1. The van der Waals surface area contributed by atoms with Crippen LogP contribution < -0.4 is 4.74 Å². The van der Waals surface area contributed by atoms with Crippen molar-refractivity contribution in [2.45, 2.75) is 38.7 Å². The molecule has 0 fully saturated rings. The number of hydrogen-bond donors (Lipinski definition) is 1. The minimum Gasteiger partial charge on any atom is -0.579 e. The number of alkyl halides is 3. The van der Waals surface area contributed by atoms with Crippen LogP contribution in [-0.2, 0) is 17.6 Å². The third-order valence-corrected chi connectivity index (χ3v) is 5.56. The second-order valence-corrected chi connectivity index (χ2v) is 7.94. The molecule has 1 aromatic heterocycles. The van der Waals surface area contributed by atoms with Gasteiger partial charge in [-0.2, -0.15) is 17.5 Å². The molecule has 1 unspecified atom stereocenters. The maximum absolute atomic E-state index is 12.7. The van der Waals surface area contributed by atoms with E-state index in [1.54, 1.807) is 37.3 Å². The minimum absolute atomic E-state index is 0.321. The van der Waals surface area contributed by atoms with Crippen molar-refractivity contribution < 1.29 is 32.5 Å². The van der Waals surface area contributed by atoms with E-state index in [1.165, 1.54) is 30.6 Å². The van der Waals surface area contributed by atoms with Gasteiger partial charge in [-0.3, -0.25) is 0 Å². The van der Waals surface area contributed by atoms with E-state index in [0.717, 1.165) is 17.0 Å². The Kier molecular flexibility index (Phi) is 6.54. The number of aromatic hydroxyl groups is 1. The van der Waals surface area contributed by atoms with Crippen molar-refractivity contribution >= 4 is 17.5 Å². The van der Waals surface area contributed by atoms with Gasteiger partial charge in [-0.1, -0.05) is 19.1 Å². The SMILES string of the molecule is CCC(C)(Oc1ccc([OH+]Cc2cc(-c3ccc(C(F)(F)F)cc3)ns2)cc1)C(=O)O. The smallest absolute Gasteiger partial charge is 0.416 e. The van der Waals surface area contributed by atoms with Gasteiger partial charge in [0, 0.05) is 17.7 Å². The van der Waals surface area contributed by atoms with E-state index < -0.39 is 23.3 Å². The van der Waals surface area contributed by atoms with Crippen LogP contribution in [-0.4, -0.2) is 25.8 Å². The maximum Gasteiger partial charge on any atom is 0.416 e. The first-order chi connectivity index (χ1) is 14.6. The van der Waals surface area contributed by atoms with Crippen molar-refractivity contribution in [3.8, 4) is 22.8 Å². The molecular weight excluding hydrogens is 431 g/mol. The number of rotatable bonds is 8. The number of aliphatic hydroxyl groups is 1. The Morgan fingerprint density at radius 3 is 2.32 bits per heavy atom. The maximum atomic E-state index is 12.7. The highest BCUT2D eigenvalue weighted by atomic mass is 32.1. The monoisotopic (exact) mass is 452 g/mol. The van der Waals surface area contributed by atoms with Crippen LogP contribution >= 0.6 is 11.5 Å². The van der Waals surface area contributed by atoms with Crippen molar-refractivity contribution in [1.82, 2.24) is 4.37 Å². The first kappa shape index (κ1) is 22.6. The van der Waals surface area contributed by atoms with E-state index >= 15 is 0 Å². The first-order valence-corrected chi connectivity index (χ1v) is 10.2. The zero-order valence-corrected chi connectivity index (χ0v) is 17.6. The molecule has 0 aliphatic carbocycles. The summed E-state index contributed by atoms with van der Waals surface area (Å²) >= 11 is 1.23. The van der Waals surface area contributed by atoms with Crippen molar-refractivity contribution in [1.29, 1.82) is 0 Å². The Bertz CT molecular complexity index is 1030. The normalized spacial score (nSPS) is 13.5. The number of benzene rings is 2. The molecule has 0 bridgehead atoms. The molecular formula is C22H21F3NO4S+. The van der Waals surface area contributed by atoms with Crippen LogP contribution in [0.3, 0.4) is 0 Å². The number of carbonyl (C=O) groups is 1. The molecule has 2 aromatic carbocycles. The number of ether oxygens (including phenoxy) is 2. The Balaban J connectivity index is 1.60. The molecule has 0 saturated carbocycles. The average molecular weight is 452 g/mol. The Morgan fingerprint density at radius 2 is 1.77 bits per heavy atom. The zero-order chi connectivity index (χ0) is 22.6. The van der Waals surface area contributed by atoms with E-state index in [-0.39, 0.29) is 0 Å². The third kappa shape index (κ3) is 5.55. The molecule has 2 N–H and O–H groups in total. The Hall–Kier alpha value is -3.07. The Labute approximate surface area is 181 Å². The van der Waals surface area contributed by atoms with Crippen molar-refractivity contribution in [3.05, 3.63) is 65.0 Å². The fourth-order valence-electron chi connectivity index (χ4n) is 2.67. The molecule has 5 nitrogen and oxygen atoms in total. The van der Waals surface area contributed by atoms with Gasteiger partial charge >= 0.3 is 12.1 Å². The summed E-state index contributed by atoms with van der Waals surface area (Å²) in [7, 11) is 0. The van der Waals surface area contributed by atoms with Gasteiger partial charge in [0.1, 0.15) is 10.6 Å². The molecule has 3 rings (SSSR count). The largest absolute Gasteiger partial charge is 0.579 e. The molecule has 0 radical (unpaired) electrons. The van der Waals surface area contributed by atoms with Gasteiger partial charge in [-0.25, -0.2) is 4.79 Å². The third-order valence-electron chi connectivity index (χ3n) is 4.79. The van der Waals surface area contributed by atoms with Crippen LogP contribution in [0.4, 0.5) is 13.2 Å². The number of aromatic nitrogens is 1. The molecule has 1 heterocycles. The molecule has 0 aliphatic heterocycles. The topological polar surface area (TPSA) is 72.2 Å². The van der Waals surface area contributed by atoms with E-state index in [2.05, 4.69) is 9.11 Å². The van der Waals surface area contributed by atoms with Crippen LogP contribution in [0.25, 0.3) is 11.3 Å². The lowest BCUT2D eigenvalue weighted by molar-refractivity contribution is -0.154.